The molecular weight excluding hydrogens is 424 g/mol. The standard InChI is InChI=1S/C27H27F2NO3/c1-18-5-2-3-6-22(18)19-13-20-15-30(16-23-24(28)7-4-8-25(23)29)10-12-32-27(20)26(14-19)33-21-9-11-31-17-21/h2-8,13-14,21H,9-12,15-17H2,1H3/t21-/m0/s1. The molecule has 3 aromatic carbocycles. The van der Waals surface area contributed by atoms with Crippen molar-refractivity contribution < 1.29 is 23.0 Å². The summed E-state index contributed by atoms with van der Waals surface area (Å²) in [6.45, 7) is 4.95. The molecule has 33 heavy (non-hydrogen) atoms. The van der Waals surface area contributed by atoms with Gasteiger partial charge >= 0.3 is 0 Å². The molecule has 172 valence electrons. The van der Waals surface area contributed by atoms with Crippen molar-refractivity contribution >= 4 is 0 Å². The van der Waals surface area contributed by atoms with Crippen LogP contribution < -0.4 is 9.47 Å². The molecule has 0 unspecified atom stereocenters. The number of hydrogen-bond donors (Lipinski definition) is 0. The van der Waals surface area contributed by atoms with Crippen LogP contribution in [0.25, 0.3) is 11.1 Å². The lowest BCUT2D eigenvalue weighted by molar-refractivity contribution is 0.137. The van der Waals surface area contributed by atoms with Crippen molar-refractivity contribution in [1.82, 2.24) is 4.90 Å². The van der Waals surface area contributed by atoms with Crippen LogP contribution in [0.2, 0.25) is 0 Å². The molecule has 2 heterocycles. The zero-order valence-corrected chi connectivity index (χ0v) is 18.7. The minimum absolute atomic E-state index is 0.0170. The first-order valence-electron chi connectivity index (χ1n) is 11.3. The molecule has 2 aliphatic rings. The normalized spacial score (nSPS) is 18.5. The van der Waals surface area contributed by atoms with E-state index in [1.54, 1.807) is 0 Å². The summed E-state index contributed by atoms with van der Waals surface area (Å²) in [5.41, 5.74) is 4.33. The first-order chi connectivity index (χ1) is 16.1. The summed E-state index contributed by atoms with van der Waals surface area (Å²) >= 11 is 0. The van der Waals surface area contributed by atoms with Gasteiger partial charge in [-0.1, -0.05) is 30.3 Å². The van der Waals surface area contributed by atoms with Gasteiger partial charge in [-0.2, -0.15) is 0 Å². The molecular formula is C27H27F2NO3. The third-order valence-corrected chi connectivity index (χ3v) is 6.26. The molecule has 1 fully saturated rings. The lowest BCUT2D eigenvalue weighted by Gasteiger charge is -2.21. The number of fused-ring (bicyclic) bond motifs is 1. The molecule has 1 saturated heterocycles. The van der Waals surface area contributed by atoms with E-state index in [-0.39, 0.29) is 18.2 Å². The molecule has 5 rings (SSSR count). The van der Waals surface area contributed by atoms with Gasteiger partial charge in [0.05, 0.1) is 13.2 Å². The molecule has 2 aliphatic heterocycles. The summed E-state index contributed by atoms with van der Waals surface area (Å²) in [6, 6.07) is 16.3. The van der Waals surface area contributed by atoms with Crippen LogP contribution in [0.4, 0.5) is 8.78 Å². The van der Waals surface area contributed by atoms with Crippen molar-refractivity contribution in [1.29, 1.82) is 0 Å². The molecule has 0 aliphatic carbocycles. The van der Waals surface area contributed by atoms with Gasteiger partial charge in [-0.25, -0.2) is 8.78 Å². The van der Waals surface area contributed by atoms with Crippen molar-refractivity contribution in [2.24, 2.45) is 0 Å². The molecule has 0 bridgehead atoms. The van der Waals surface area contributed by atoms with Crippen LogP contribution in [0.15, 0.2) is 54.6 Å². The van der Waals surface area contributed by atoms with Crippen molar-refractivity contribution in [3.05, 3.63) is 82.9 Å². The van der Waals surface area contributed by atoms with Gasteiger partial charge in [-0.3, -0.25) is 4.90 Å². The van der Waals surface area contributed by atoms with Crippen molar-refractivity contribution in [2.45, 2.75) is 32.5 Å². The van der Waals surface area contributed by atoms with Crippen molar-refractivity contribution in [3.63, 3.8) is 0 Å². The van der Waals surface area contributed by atoms with E-state index in [1.807, 2.05) is 23.1 Å². The van der Waals surface area contributed by atoms with Gasteiger partial charge < -0.3 is 14.2 Å². The van der Waals surface area contributed by atoms with Gasteiger partial charge in [0.25, 0.3) is 0 Å². The lowest BCUT2D eigenvalue weighted by atomic mass is 9.97. The Balaban J connectivity index is 1.52. The van der Waals surface area contributed by atoms with E-state index in [0.717, 1.165) is 28.7 Å². The highest BCUT2D eigenvalue weighted by Crippen LogP contribution is 2.40. The molecule has 3 aromatic rings. The average Bonchev–Trinajstić information content (AvgIpc) is 3.22. The number of hydrogen-bond acceptors (Lipinski definition) is 4. The van der Waals surface area contributed by atoms with Crippen LogP contribution in [0.5, 0.6) is 11.5 Å². The smallest absolute Gasteiger partial charge is 0.165 e. The third kappa shape index (κ3) is 4.72. The van der Waals surface area contributed by atoms with Gasteiger partial charge in [0.2, 0.25) is 0 Å². The number of ether oxygens (including phenoxy) is 3. The third-order valence-electron chi connectivity index (χ3n) is 6.26. The number of rotatable bonds is 5. The maximum absolute atomic E-state index is 14.3. The summed E-state index contributed by atoms with van der Waals surface area (Å²) in [5, 5.41) is 0. The second-order valence-electron chi connectivity index (χ2n) is 8.64. The fourth-order valence-corrected chi connectivity index (χ4v) is 4.51. The van der Waals surface area contributed by atoms with Gasteiger partial charge in [-0.05, 0) is 47.9 Å². The highest BCUT2D eigenvalue weighted by atomic mass is 19.1. The number of halogens is 2. The Labute approximate surface area is 192 Å². The molecule has 0 N–H and O–H groups in total. The molecule has 0 amide bonds. The molecule has 6 heteroatoms. The van der Waals surface area contributed by atoms with Crippen LogP contribution in [0, 0.1) is 18.6 Å². The number of benzene rings is 3. The predicted molar refractivity (Wildman–Crippen MR) is 122 cm³/mol. The molecule has 0 aromatic heterocycles. The van der Waals surface area contributed by atoms with Crippen LogP contribution >= 0.6 is 0 Å². The summed E-state index contributed by atoms with van der Waals surface area (Å²) in [5.74, 6) is 0.342. The Hall–Kier alpha value is -2.96. The van der Waals surface area contributed by atoms with E-state index >= 15 is 0 Å². The Morgan fingerprint density at radius 3 is 2.61 bits per heavy atom. The highest BCUT2D eigenvalue weighted by Gasteiger charge is 2.25. The van der Waals surface area contributed by atoms with Crippen LogP contribution in [-0.4, -0.2) is 37.4 Å². The minimum Gasteiger partial charge on any atom is -0.488 e. The second-order valence-corrected chi connectivity index (χ2v) is 8.64. The van der Waals surface area contributed by atoms with Gasteiger partial charge in [-0.15, -0.1) is 0 Å². The summed E-state index contributed by atoms with van der Waals surface area (Å²) in [4.78, 5) is 2.01. The zero-order chi connectivity index (χ0) is 22.8. The summed E-state index contributed by atoms with van der Waals surface area (Å²) < 4.78 is 46.6. The molecule has 4 nitrogen and oxygen atoms in total. The van der Waals surface area contributed by atoms with E-state index in [4.69, 9.17) is 14.2 Å². The Morgan fingerprint density at radius 1 is 1.03 bits per heavy atom. The first kappa shape index (κ1) is 21.9. The summed E-state index contributed by atoms with van der Waals surface area (Å²) in [7, 11) is 0. The largest absolute Gasteiger partial charge is 0.488 e. The second kappa shape index (κ2) is 9.49. The SMILES string of the molecule is Cc1ccccc1-c1cc2c(c(O[C@H]3CCOC3)c1)OCCN(Cc1c(F)cccc1F)C2. The van der Waals surface area contributed by atoms with E-state index in [2.05, 4.69) is 25.1 Å². The Kier molecular flexibility index (Phi) is 6.29. The van der Waals surface area contributed by atoms with Crippen molar-refractivity contribution in [2.75, 3.05) is 26.4 Å². The van der Waals surface area contributed by atoms with Crippen molar-refractivity contribution in [3.8, 4) is 22.6 Å². The topological polar surface area (TPSA) is 30.9 Å². The number of nitrogens with zero attached hydrogens (tertiary/aromatic N) is 1. The van der Waals surface area contributed by atoms with E-state index in [9.17, 15) is 8.78 Å². The van der Waals surface area contributed by atoms with E-state index in [1.165, 1.54) is 18.2 Å². The average molecular weight is 452 g/mol. The maximum atomic E-state index is 14.3. The van der Waals surface area contributed by atoms with Gasteiger partial charge in [0, 0.05) is 37.2 Å². The molecule has 1 atom stereocenters. The fourth-order valence-electron chi connectivity index (χ4n) is 4.51. The fraction of sp³-hybridized carbons (Fsp3) is 0.333. The van der Waals surface area contributed by atoms with E-state index in [0.29, 0.717) is 44.4 Å². The number of aryl methyl sites for hydroxylation is 1. The molecule has 0 saturated carbocycles. The summed E-state index contributed by atoms with van der Waals surface area (Å²) in [6.07, 6.45) is 0.818. The predicted octanol–water partition coefficient (Wildman–Crippen LogP) is 5.50. The first-order valence-corrected chi connectivity index (χ1v) is 11.3. The van der Waals surface area contributed by atoms with Crippen LogP contribution in [0.1, 0.15) is 23.1 Å². The monoisotopic (exact) mass is 451 g/mol. The van der Waals surface area contributed by atoms with E-state index < -0.39 is 11.6 Å². The maximum Gasteiger partial charge on any atom is 0.165 e. The van der Waals surface area contributed by atoms with Crippen LogP contribution in [-0.2, 0) is 17.8 Å². The highest BCUT2D eigenvalue weighted by molar-refractivity contribution is 5.72. The zero-order valence-electron chi connectivity index (χ0n) is 18.7. The Morgan fingerprint density at radius 2 is 1.85 bits per heavy atom. The molecule has 0 radical (unpaired) electrons. The quantitative estimate of drug-likeness (QED) is 0.512. The van der Waals surface area contributed by atoms with Gasteiger partial charge in [0.1, 0.15) is 24.3 Å². The lowest BCUT2D eigenvalue weighted by Crippen LogP contribution is -2.26. The van der Waals surface area contributed by atoms with Gasteiger partial charge in [0.15, 0.2) is 11.5 Å². The van der Waals surface area contributed by atoms with Crippen LogP contribution in [0.3, 0.4) is 0 Å². The minimum atomic E-state index is -0.528. The molecule has 0 spiro atoms. The Bertz CT molecular complexity index is 1120.